The number of benzene rings is 1. The second-order valence-electron chi connectivity index (χ2n) is 4.23. The van der Waals surface area contributed by atoms with Crippen LogP contribution in [0, 0.1) is 0 Å². The van der Waals surface area contributed by atoms with Gasteiger partial charge in [0.2, 0.25) is 0 Å². The van der Waals surface area contributed by atoms with Crippen molar-refractivity contribution in [3.63, 3.8) is 0 Å². The van der Waals surface area contributed by atoms with E-state index in [0.717, 1.165) is 5.56 Å². The fraction of sp³-hybridized carbons (Fsp3) is 0.200. The molecule has 2 rings (SSSR count). The normalized spacial score (nSPS) is 10.2. The van der Waals surface area contributed by atoms with Crippen LogP contribution in [-0.4, -0.2) is 17.6 Å². The van der Waals surface area contributed by atoms with Gasteiger partial charge in [0, 0.05) is 29.7 Å². The number of nitrogen functional groups attached to an aromatic ring is 1. The van der Waals surface area contributed by atoms with Crippen LogP contribution in [0.25, 0.3) is 0 Å². The van der Waals surface area contributed by atoms with Crippen LogP contribution in [0.5, 0.6) is 5.75 Å². The number of esters is 1. The number of carbonyl (C=O) groups is 1. The predicted molar refractivity (Wildman–Crippen MR) is 80.4 cm³/mol. The minimum absolute atomic E-state index is 0.206. The Balaban J connectivity index is 2.20. The van der Waals surface area contributed by atoms with E-state index >= 15 is 0 Å². The van der Waals surface area contributed by atoms with E-state index in [-0.39, 0.29) is 6.61 Å². The van der Waals surface area contributed by atoms with Gasteiger partial charge >= 0.3 is 5.97 Å². The van der Waals surface area contributed by atoms with Crippen LogP contribution in [0.3, 0.4) is 0 Å². The highest BCUT2D eigenvalue weighted by atomic mass is 35.5. The third kappa shape index (κ3) is 3.86. The van der Waals surface area contributed by atoms with Gasteiger partial charge < -0.3 is 15.2 Å². The summed E-state index contributed by atoms with van der Waals surface area (Å²) in [6, 6.07) is 6.54. The summed E-state index contributed by atoms with van der Waals surface area (Å²) in [4.78, 5) is 15.8. The molecule has 6 heteroatoms. The monoisotopic (exact) mass is 306 g/mol. The lowest BCUT2D eigenvalue weighted by molar-refractivity contribution is 0.0521. The smallest absolute Gasteiger partial charge is 0.341 e. The van der Waals surface area contributed by atoms with Crippen molar-refractivity contribution in [2.75, 3.05) is 12.3 Å². The zero-order valence-electron chi connectivity index (χ0n) is 11.5. The molecule has 2 aromatic rings. The summed E-state index contributed by atoms with van der Waals surface area (Å²) < 4.78 is 10.6. The SMILES string of the molecule is CCOC(=O)c1ccc(N)cc1OCc1ccncc1Cl. The predicted octanol–water partition coefficient (Wildman–Crippen LogP) is 3.07. The molecule has 110 valence electrons. The number of hydrogen-bond acceptors (Lipinski definition) is 5. The summed E-state index contributed by atoms with van der Waals surface area (Å²) in [5, 5.41) is 0.499. The summed E-state index contributed by atoms with van der Waals surface area (Å²) in [7, 11) is 0. The number of carbonyl (C=O) groups excluding carboxylic acids is 1. The Bertz CT molecular complexity index is 647. The molecule has 0 aliphatic carbocycles. The Morgan fingerprint density at radius 3 is 2.90 bits per heavy atom. The zero-order chi connectivity index (χ0) is 15.2. The van der Waals surface area contributed by atoms with Gasteiger partial charge in [-0.25, -0.2) is 4.79 Å². The molecular weight excluding hydrogens is 292 g/mol. The van der Waals surface area contributed by atoms with Gasteiger partial charge in [0.05, 0.1) is 11.6 Å². The van der Waals surface area contributed by atoms with Crippen molar-refractivity contribution in [2.45, 2.75) is 13.5 Å². The first-order valence-corrected chi connectivity index (χ1v) is 6.77. The molecule has 2 N–H and O–H groups in total. The minimum Gasteiger partial charge on any atom is -0.488 e. The van der Waals surface area contributed by atoms with Crippen LogP contribution in [0.1, 0.15) is 22.8 Å². The first-order valence-electron chi connectivity index (χ1n) is 6.39. The van der Waals surface area contributed by atoms with Gasteiger partial charge in [-0.15, -0.1) is 0 Å². The summed E-state index contributed by atoms with van der Waals surface area (Å²) in [6.07, 6.45) is 3.15. The fourth-order valence-electron chi connectivity index (χ4n) is 1.71. The largest absolute Gasteiger partial charge is 0.488 e. The molecule has 0 bridgehead atoms. The molecule has 1 aromatic heterocycles. The van der Waals surface area contributed by atoms with Crippen molar-refractivity contribution in [2.24, 2.45) is 0 Å². The first kappa shape index (κ1) is 15.1. The van der Waals surface area contributed by atoms with Crippen LogP contribution in [0.4, 0.5) is 5.69 Å². The molecule has 0 saturated carbocycles. The maximum atomic E-state index is 11.9. The van der Waals surface area contributed by atoms with Gasteiger partial charge in [-0.2, -0.15) is 0 Å². The summed E-state index contributed by atoms with van der Waals surface area (Å²) in [6.45, 7) is 2.24. The molecule has 0 fully saturated rings. The van der Waals surface area contributed by atoms with E-state index in [4.69, 9.17) is 26.8 Å². The average Bonchev–Trinajstić information content (AvgIpc) is 2.46. The van der Waals surface area contributed by atoms with E-state index in [0.29, 0.717) is 28.6 Å². The van der Waals surface area contributed by atoms with Crippen molar-refractivity contribution >= 4 is 23.3 Å². The molecular formula is C15H15ClN2O3. The quantitative estimate of drug-likeness (QED) is 0.678. The number of nitrogens with two attached hydrogens (primary N) is 1. The molecule has 1 aromatic carbocycles. The molecule has 0 saturated heterocycles. The summed E-state index contributed by atoms with van der Waals surface area (Å²) in [5.41, 5.74) is 7.33. The van der Waals surface area contributed by atoms with E-state index in [9.17, 15) is 4.79 Å². The zero-order valence-corrected chi connectivity index (χ0v) is 12.3. The lowest BCUT2D eigenvalue weighted by Crippen LogP contribution is -2.08. The van der Waals surface area contributed by atoms with Crippen LogP contribution < -0.4 is 10.5 Å². The van der Waals surface area contributed by atoms with Crippen LogP contribution in [0.15, 0.2) is 36.7 Å². The molecule has 0 atom stereocenters. The van der Waals surface area contributed by atoms with E-state index in [1.54, 1.807) is 37.4 Å². The summed E-state index contributed by atoms with van der Waals surface area (Å²) in [5.74, 6) is -0.0883. The molecule has 21 heavy (non-hydrogen) atoms. The average molecular weight is 307 g/mol. The van der Waals surface area contributed by atoms with E-state index < -0.39 is 5.97 Å². The lowest BCUT2D eigenvalue weighted by Gasteiger charge is -2.12. The number of rotatable bonds is 5. The van der Waals surface area contributed by atoms with Crippen LogP contribution in [0.2, 0.25) is 5.02 Å². The lowest BCUT2D eigenvalue weighted by atomic mass is 10.2. The van der Waals surface area contributed by atoms with Gasteiger partial charge in [-0.3, -0.25) is 4.98 Å². The van der Waals surface area contributed by atoms with Crippen LogP contribution in [-0.2, 0) is 11.3 Å². The van der Waals surface area contributed by atoms with Gasteiger partial charge in [-0.1, -0.05) is 11.6 Å². The second-order valence-corrected chi connectivity index (χ2v) is 4.64. The Labute approximate surface area is 127 Å². The minimum atomic E-state index is -0.451. The van der Waals surface area contributed by atoms with E-state index in [1.165, 1.54) is 6.20 Å². The van der Waals surface area contributed by atoms with E-state index in [1.807, 2.05) is 0 Å². The molecule has 0 amide bonds. The molecule has 0 unspecified atom stereocenters. The van der Waals surface area contributed by atoms with Gasteiger partial charge in [-0.05, 0) is 25.1 Å². The number of pyridine rings is 1. The highest BCUT2D eigenvalue weighted by Crippen LogP contribution is 2.25. The number of ether oxygens (including phenoxy) is 2. The van der Waals surface area contributed by atoms with Crippen molar-refractivity contribution < 1.29 is 14.3 Å². The Kier molecular flexibility index (Phi) is 5.00. The van der Waals surface area contributed by atoms with Crippen molar-refractivity contribution in [1.82, 2.24) is 4.98 Å². The number of anilines is 1. The summed E-state index contributed by atoms with van der Waals surface area (Å²) >= 11 is 6.01. The third-order valence-electron chi connectivity index (χ3n) is 2.74. The maximum absolute atomic E-state index is 11.9. The molecule has 0 aliphatic heterocycles. The standard InChI is InChI=1S/C15H15ClN2O3/c1-2-20-15(19)12-4-3-11(17)7-14(12)21-9-10-5-6-18-8-13(10)16/h3-8H,2,9,17H2,1H3. The second kappa shape index (κ2) is 6.95. The topological polar surface area (TPSA) is 74.4 Å². The van der Waals surface area contributed by atoms with Gasteiger partial charge in [0.15, 0.2) is 0 Å². The van der Waals surface area contributed by atoms with Crippen molar-refractivity contribution in [3.05, 3.63) is 52.8 Å². The Morgan fingerprint density at radius 1 is 1.38 bits per heavy atom. The van der Waals surface area contributed by atoms with E-state index in [2.05, 4.69) is 4.98 Å². The number of hydrogen-bond donors (Lipinski definition) is 1. The van der Waals surface area contributed by atoms with Crippen molar-refractivity contribution in [1.29, 1.82) is 0 Å². The molecule has 0 radical (unpaired) electrons. The molecule has 5 nitrogen and oxygen atoms in total. The highest BCUT2D eigenvalue weighted by molar-refractivity contribution is 6.31. The Morgan fingerprint density at radius 2 is 2.19 bits per heavy atom. The number of nitrogens with zero attached hydrogens (tertiary/aromatic N) is 1. The number of halogens is 1. The Hall–Kier alpha value is -2.27. The fourth-order valence-corrected chi connectivity index (χ4v) is 1.89. The molecule has 1 heterocycles. The van der Waals surface area contributed by atoms with Gasteiger partial charge in [0.1, 0.15) is 17.9 Å². The highest BCUT2D eigenvalue weighted by Gasteiger charge is 2.14. The molecule has 0 aliphatic rings. The van der Waals surface area contributed by atoms with Gasteiger partial charge in [0.25, 0.3) is 0 Å². The first-order chi connectivity index (χ1) is 10.1. The third-order valence-corrected chi connectivity index (χ3v) is 3.08. The van der Waals surface area contributed by atoms with Crippen molar-refractivity contribution in [3.8, 4) is 5.75 Å². The molecule has 0 spiro atoms. The van der Waals surface area contributed by atoms with Crippen LogP contribution >= 0.6 is 11.6 Å². The number of aromatic nitrogens is 1. The maximum Gasteiger partial charge on any atom is 0.341 e.